The standard InChI is InChI=1S/C18H26N2O4/c1-23-12-11-20-9-7-14(8-10-20)13-19-17(21)15-3-5-16(6-4-15)18(22)24-2/h3-6,14H,7-13H2,1-2H3,(H,19,21). The summed E-state index contributed by atoms with van der Waals surface area (Å²) in [5.41, 5.74) is 0.998. The summed E-state index contributed by atoms with van der Waals surface area (Å²) in [6.07, 6.45) is 2.18. The van der Waals surface area contributed by atoms with Crippen LogP contribution in [0.25, 0.3) is 0 Å². The molecule has 0 atom stereocenters. The summed E-state index contributed by atoms with van der Waals surface area (Å²) < 4.78 is 9.75. The largest absolute Gasteiger partial charge is 0.465 e. The van der Waals surface area contributed by atoms with Crippen LogP contribution in [0.2, 0.25) is 0 Å². The molecule has 0 spiro atoms. The summed E-state index contributed by atoms with van der Waals surface area (Å²) in [7, 11) is 3.06. The summed E-state index contributed by atoms with van der Waals surface area (Å²) in [5, 5.41) is 2.99. The fraction of sp³-hybridized carbons (Fsp3) is 0.556. The van der Waals surface area contributed by atoms with E-state index >= 15 is 0 Å². The number of methoxy groups -OCH3 is 2. The van der Waals surface area contributed by atoms with Gasteiger partial charge in [0.15, 0.2) is 0 Å². The van der Waals surface area contributed by atoms with Crippen molar-refractivity contribution in [2.45, 2.75) is 12.8 Å². The number of carbonyl (C=O) groups excluding carboxylic acids is 2. The number of esters is 1. The highest BCUT2D eigenvalue weighted by molar-refractivity contribution is 5.96. The average molecular weight is 334 g/mol. The first-order valence-corrected chi connectivity index (χ1v) is 8.32. The number of nitrogens with one attached hydrogen (secondary N) is 1. The molecule has 1 fully saturated rings. The second-order valence-corrected chi connectivity index (χ2v) is 6.06. The summed E-state index contributed by atoms with van der Waals surface area (Å²) in [6, 6.07) is 6.51. The molecular formula is C18H26N2O4. The number of nitrogens with zero attached hydrogens (tertiary/aromatic N) is 1. The molecule has 132 valence electrons. The molecule has 1 aliphatic heterocycles. The molecule has 0 radical (unpaired) electrons. The third kappa shape index (κ3) is 5.32. The summed E-state index contributed by atoms with van der Waals surface area (Å²) >= 11 is 0. The van der Waals surface area contributed by atoms with Gasteiger partial charge in [0.05, 0.1) is 19.3 Å². The van der Waals surface area contributed by atoms with Gasteiger partial charge in [-0.3, -0.25) is 4.79 Å². The van der Waals surface area contributed by atoms with Crippen molar-refractivity contribution in [3.05, 3.63) is 35.4 Å². The van der Waals surface area contributed by atoms with Crippen LogP contribution in [0.5, 0.6) is 0 Å². The lowest BCUT2D eigenvalue weighted by atomic mass is 9.96. The molecule has 1 aliphatic rings. The van der Waals surface area contributed by atoms with Crippen molar-refractivity contribution >= 4 is 11.9 Å². The molecule has 24 heavy (non-hydrogen) atoms. The van der Waals surface area contributed by atoms with Crippen LogP contribution in [-0.2, 0) is 9.47 Å². The van der Waals surface area contributed by atoms with Gasteiger partial charge in [-0.1, -0.05) is 0 Å². The number of carbonyl (C=O) groups is 2. The summed E-state index contributed by atoms with van der Waals surface area (Å²) in [4.78, 5) is 26.0. The van der Waals surface area contributed by atoms with Gasteiger partial charge in [-0.05, 0) is 56.1 Å². The molecule has 1 saturated heterocycles. The zero-order chi connectivity index (χ0) is 17.4. The van der Waals surface area contributed by atoms with E-state index < -0.39 is 5.97 Å². The third-order valence-electron chi connectivity index (χ3n) is 4.44. The molecule has 0 saturated carbocycles. The molecule has 0 aliphatic carbocycles. The quantitative estimate of drug-likeness (QED) is 0.767. The first-order valence-electron chi connectivity index (χ1n) is 8.32. The van der Waals surface area contributed by atoms with Crippen LogP contribution in [0.15, 0.2) is 24.3 Å². The molecule has 0 bridgehead atoms. The number of hydrogen-bond donors (Lipinski definition) is 1. The lowest BCUT2D eigenvalue weighted by Gasteiger charge is -2.31. The lowest BCUT2D eigenvalue weighted by Crippen LogP contribution is -2.39. The van der Waals surface area contributed by atoms with E-state index in [1.54, 1.807) is 31.4 Å². The van der Waals surface area contributed by atoms with Crippen LogP contribution in [-0.4, -0.2) is 63.8 Å². The number of piperidine rings is 1. The zero-order valence-corrected chi connectivity index (χ0v) is 14.4. The van der Waals surface area contributed by atoms with Crippen molar-refractivity contribution in [2.75, 3.05) is 47.0 Å². The zero-order valence-electron chi connectivity index (χ0n) is 14.4. The Labute approximate surface area is 143 Å². The first-order chi connectivity index (χ1) is 11.6. The molecule has 1 heterocycles. The van der Waals surface area contributed by atoms with Crippen molar-refractivity contribution in [1.82, 2.24) is 10.2 Å². The van der Waals surface area contributed by atoms with Gasteiger partial charge in [0.25, 0.3) is 5.91 Å². The van der Waals surface area contributed by atoms with E-state index in [1.165, 1.54) is 7.11 Å². The Balaban J connectivity index is 1.74. The van der Waals surface area contributed by atoms with Gasteiger partial charge < -0.3 is 19.7 Å². The lowest BCUT2D eigenvalue weighted by molar-refractivity contribution is 0.0600. The van der Waals surface area contributed by atoms with Crippen molar-refractivity contribution in [3.63, 3.8) is 0 Å². The average Bonchev–Trinajstić information content (AvgIpc) is 2.64. The van der Waals surface area contributed by atoms with Gasteiger partial charge in [0.1, 0.15) is 0 Å². The minimum Gasteiger partial charge on any atom is -0.465 e. The van der Waals surface area contributed by atoms with Gasteiger partial charge in [0, 0.05) is 25.8 Å². The molecule has 6 heteroatoms. The number of benzene rings is 1. The number of likely N-dealkylation sites (tertiary alicyclic amines) is 1. The van der Waals surface area contributed by atoms with Gasteiger partial charge in [-0.15, -0.1) is 0 Å². The van der Waals surface area contributed by atoms with Crippen LogP contribution in [0.4, 0.5) is 0 Å². The van der Waals surface area contributed by atoms with Crippen LogP contribution in [0.3, 0.4) is 0 Å². The van der Waals surface area contributed by atoms with Crippen LogP contribution >= 0.6 is 0 Å². The van der Waals surface area contributed by atoms with Gasteiger partial charge >= 0.3 is 5.97 Å². The second-order valence-electron chi connectivity index (χ2n) is 6.06. The van der Waals surface area contributed by atoms with Crippen LogP contribution in [0, 0.1) is 5.92 Å². The molecular weight excluding hydrogens is 308 g/mol. The molecule has 1 aromatic carbocycles. The Kier molecular flexibility index (Phi) is 7.21. The number of ether oxygens (including phenoxy) is 2. The molecule has 1 N–H and O–H groups in total. The summed E-state index contributed by atoms with van der Waals surface area (Å²) in [5.74, 6) is 0.0116. The van der Waals surface area contributed by atoms with Crippen molar-refractivity contribution in [2.24, 2.45) is 5.92 Å². The van der Waals surface area contributed by atoms with Gasteiger partial charge in [0.2, 0.25) is 0 Å². The van der Waals surface area contributed by atoms with E-state index in [1.807, 2.05) is 0 Å². The van der Waals surface area contributed by atoms with Gasteiger partial charge in [-0.2, -0.15) is 0 Å². The monoisotopic (exact) mass is 334 g/mol. The molecule has 0 aromatic heterocycles. The van der Waals surface area contributed by atoms with Crippen molar-refractivity contribution in [3.8, 4) is 0 Å². The molecule has 2 rings (SSSR count). The van der Waals surface area contributed by atoms with Crippen LogP contribution in [0.1, 0.15) is 33.6 Å². The molecule has 0 unspecified atom stereocenters. The van der Waals surface area contributed by atoms with Crippen LogP contribution < -0.4 is 5.32 Å². The SMILES string of the molecule is COCCN1CCC(CNC(=O)c2ccc(C(=O)OC)cc2)CC1. The van der Waals surface area contributed by atoms with Crippen molar-refractivity contribution < 1.29 is 19.1 Å². The topological polar surface area (TPSA) is 67.9 Å². The van der Waals surface area contributed by atoms with E-state index in [9.17, 15) is 9.59 Å². The number of hydrogen-bond acceptors (Lipinski definition) is 5. The Bertz CT molecular complexity index is 536. The Morgan fingerprint density at radius 2 is 1.75 bits per heavy atom. The predicted molar refractivity (Wildman–Crippen MR) is 91.2 cm³/mol. The molecule has 1 amide bonds. The minimum absolute atomic E-state index is 0.103. The molecule has 6 nitrogen and oxygen atoms in total. The normalized spacial score (nSPS) is 15.9. The third-order valence-corrected chi connectivity index (χ3v) is 4.44. The highest BCUT2D eigenvalue weighted by Crippen LogP contribution is 2.16. The second kappa shape index (κ2) is 9.39. The fourth-order valence-electron chi connectivity index (χ4n) is 2.85. The Hall–Kier alpha value is -1.92. The Morgan fingerprint density at radius 1 is 1.12 bits per heavy atom. The maximum Gasteiger partial charge on any atom is 0.337 e. The van der Waals surface area contributed by atoms with E-state index in [0.29, 0.717) is 23.6 Å². The van der Waals surface area contributed by atoms with E-state index in [0.717, 1.165) is 39.1 Å². The Morgan fingerprint density at radius 3 is 2.33 bits per heavy atom. The smallest absolute Gasteiger partial charge is 0.337 e. The number of rotatable bonds is 7. The fourth-order valence-corrected chi connectivity index (χ4v) is 2.85. The first kappa shape index (κ1) is 18.4. The maximum atomic E-state index is 12.2. The van der Waals surface area contributed by atoms with E-state index in [2.05, 4.69) is 15.0 Å². The van der Waals surface area contributed by atoms with Gasteiger partial charge in [-0.25, -0.2) is 4.79 Å². The minimum atomic E-state index is -0.401. The molecule has 1 aromatic rings. The maximum absolute atomic E-state index is 12.2. The highest BCUT2D eigenvalue weighted by atomic mass is 16.5. The van der Waals surface area contributed by atoms with E-state index in [4.69, 9.17) is 4.74 Å². The summed E-state index contributed by atoms with van der Waals surface area (Å²) in [6.45, 7) is 4.54. The predicted octanol–water partition coefficient (Wildman–Crippen LogP) is 1.56. The number of amides is 1. The highest BCUT2D eigenvalue weighted by Gasteiger charge is 2.19. The van der Waals surface area contributed by atoms with E-state index in [-0.39, 0.29) is 5.91 Å². The van der Waals surface area contributed by atoms with Crippen molar-refractivity contribution in [1.29, 1.82) is 0 Å².